The maximum Gasteiger partial charge on any atom is 0.338 e. The van der Waals surface area contributed by atoms with Gasteiger partial charge in [-0.15, -0.1) is 10.2 Å². The summed E-state index contributed by atoms with van der Waals surface area (Å²) in [5.74, 6) is 0.0307. The first kappa shape index (κ1) is 17.3. The van der Waals surface area contributed by atoms with Crippen molar-refractivity contribution in [2.24, 2.45) is 0 Å². The molecule has 130 valence electrons. The lowest BCUT2D eigenvalue weighted by molar-refractivity contribution is 0.0378. The molecule has 3 aromatic rings. The second kappa shape index (κ2) is 7.57. The molecule has 0 spiro atoms. The molecule has 7 nitrogen and oxygen atoms in total. The largest absolute Gasteiger partial charge is 0.459 e. The molecule has 3 rings (SSSR count). The second-order valence-corrected chi connectivity index (χ2v) is 5.99. The Morgan fingerprint density at radius 3 is 2.81 bits per heavy atom. The van der Waals surface area contributed by atoms with Crippen LogP contribution in [0.1, 0.15) is 35.3 Å². The second-order valence-electron chi connectivity index (χ2n) is 5.99. The summed E-state index contributed by atoms with van der Waals surface area (Å²) in [5.41, 5.74) is 2.61. The fraction of sp³-hybridized carbons (Fsp3) is 0.211. The lowest BCUT2D eigenvalue weighted by Crippen LogP contribution is -2.11. The zero-order chi connectivity index (χ0) is 18.5. The molecule has 0 unspecified atom stereocenters. The van der Waals surface area contributed by atoms with Crippen LogP contribution in [-0.2, 0) is 11.3 Å². The molecule has 1 aromatic heterocycles. The van der Waals surface area contributed by atoms with E-state index in [2.05, 4.69) is 21.5 Å². The van der Waals surface area contributed by atoms with Gasteiger partial charge in [-0.2, -0.15) is 10.1 Å². The van der Waals surface area contributed by atoms with Crippen LogP contribution in [0.15, 0.2) is 48.5 Å². The lowest BCUT2D eigenvalue weighted by atomic mass is 10.1. The quantitative estimate of drug-likeness (QED) is 0.659. The predicted octanol–water partition coefficient (Wildman–Crippen LogP) is 2.83. The fourth-order valence-corrected chi connectivity index (χ4v) is 2.40. The molecule has 0 atom stereocenters. The van der Waals surface area contributed by atoms with Crippen LogP contribution in [-0.4, -0.2) is 32.3 Å². The van der Waals surface area contributed by atoms with Gasteiger partial charge in [-0.1, -0.05) is 24.3 Å². The maximum atomic E-state index is 12.0. The number of rotatable bonds is 5. The average molecular weight is 347 g/mol. The van der Waals surface area contributed by atoms with E-state index in [1.165, 1.54) is 4.80 Å². The number of ether oxygens (including phenoxy) is 1. The smallest absolute Gasteiger partial charge is 0.338 e. The van der Waals surface area contributed by atoms with Crippen molar-refractivity contribution in [2.75, 3.05) is 0 Å². The van der Waals surface area contributed by atoms with Crippen molar-refractivity contribution >= 4 is 5.97 Å². The van der Waals surface area contributed by atoms with Crippen molar-refractivity contribution in [3.63, 3.8) is 0 Å². The summed E-state index contributed by atoms with van der Waals surface area (Å²) < 4.78 is 5.21. The monoisotopic (exact) mass is 347 g/mol. The average Bonchev–Trinajstić information content (AvgIpc) is 3.10. The molecule has 0 radical (unpaired) electrons. The van der Waals surface area contributed by atoms with Gasteiger partial charge in [-0.3, -0.25) is 0 Å². The van der Waals surface area contributed by atoms with E-state index in [0.29, 0.717) is 29.1 Å². The molecule has 26 heavy (non-hydrogen) atoms. The minimum Gasteiger partial charge on any atom is -0.459 e. The summed E-state index contributed by atoms with van der Waals surface area (Å²) in [5, 5.41) is 21.4. The zero-order valence-electron chi connectivity index (χ0n) is 14.5. The Kier molecular flexibility index (Phi) is 5.04. The third-order valence-corrected chi connectivity index (χ3v) is 3.53. The Bertz CT molecular complexity index is 972. The summed E-state index contributed by atoms with van der Waals surface area (Å²) in [6.07, 6.45) is -0.186. The molecule has 0 saturated carbocycles. The summed E-state index contributed by atoms with van der Waals surface area (Å²) in [6.45, 7) is 4.00. The van der Waals surface area contributed by atoms with Crippen LogP contribution < -0.4 is 0 Å². The molecule has 0 aliphatic heterocycles. The third-order valence-electron chi connectivity index (χ3n) is 3.53. The van der Waals surface area contributed by atoms with E-state index in [1.54, 1.807) is 44.2 Å². The normalized spacial score (nSPS) is 10.5. The van der Waals surface area contributed by atoms with Crippen LogP contribution in [0.3, 0.4) is 0 Å². The van der Waals surface area contributed by atoms with Crippen LogP contribution in [0.25, 0.3) is 11.4 Å². The summed E-state index contributed by atoms with van der Waals surface area (Å²) in [4.78, 5) is 13.5. The zero-order valence-corrected chi connectivity index (χ0v) is 14.5. The number of carbonyl (C=O) groups excluding carboxylic acids is 1. The Labute approximate surface area is 150 Å². The molecular formula is C19H17N5O2. The molecule has 0 N–H and O–H groups in total. The Hall–Kier alpha value is -3.53. The van der Waals surface area contributed by atoms with E-state index in [0.717, 1.165) is 5.56 Å². The summed E-state index contributed by atoms with van der Waals surface area (Å²) >= 11 is 0. The number of nitriles is 1. The van der Waals surface area contributed by atoms with E-state index in [4.69, 9.17) is 10.00 Å². The van der Waals surface area contributed by atoms with Crippen molar-refractivity contribution in [3.8, 4) is 17.5 Å². The number of esters is 1. The van der Waals surface area contributed by atoms with Gasteiger partial charge in [-0.05, 0) is 48.9 Å². The lowest BCUT2D eigenvalue weighted by Gasteiger charge is -2.08. The minimum atomic E-state index is -0.387. The van der Waals surface area contributed by atoms with Gasteiger partial charge in [0.15, 0.2) is 0 Å². The number of benzene rings is 2. The van der Waals surface area contributed by atoms with Gasteiger partial charge in [0.05, 0.1) is 29.8 Å². The molecule has 0 aliphatic carbocycles. The van der Waals surface area contributed by atoms with Crippen LogP contribution in [0, 0.1) is 11.3 Å². The van der Waals surface area contributed by atoms with Gasteiger partial charge in [0.25, 0.3) is 0 Å². The molecule has 0 saturated heterocycles. The van der Waals surface area contributed by atoms with Crippen molar-refractivity contribution in [3.05, 3.63) is 65.2 Å². The highest BCUT2D eigenvalue weighted by Gasteiger charge is 2.12. The molecule has 0 fully saturated rings. The summed E-state index contributed by atoms with van der Waals surface area (Å²) in [6, 6.07) is 16.3. The number of hydrogen-bond donors (Lipinski definition) is 0. The van der Waals surface area contributed by atoms with Gasteiger partial charge in [0, 0.05) is 5.56 Å². The highest BCUT2D eigenvalue weighted by molar-refractivity contribution is 5.90. The first-order valence-electron chi connectivity index (χ1n) is 8.13. The highest BCUT2D eigenvalue weighted by atomic mass is 16.5. The first-order valence-corrected chi connectivity index (χ1v) is 8.13. The SMILES string of the molecule is CC(C)OC(=O)c1cccc(-c2nnn(Cc3cccc(C#N)c3)n2)c1. The van der Waals surface area contributed by atoms with Crippen molar-refractivity contribution in [2.45, 2.75) is 26.5 Å². The Balaban J connectivity index is 1.79. The number of nitrogens with zero attached hydrogens (tertiary/aromatic N) is 5. The highest BCUT2D eigenvalue weighted by Crippen LogP contribution is 2.17. The molecule has 0 aliphatic rings. The van der Waals surface area contributed by atoms with E-state index in [9.17, 15) is 4.79 Å². The molecule has 0 bridgehead atoms. The van der Waals surface area contributed by atoms with Crippen molar-refractivity contribution in [1.82, 2.24) is 20.2 Å². The number of hydrogen-bond acceptors (Lipinski definition) is 6. The molecule has 2 aromatic carbocycles. The van der Waals surface area contributed by atoms with Crippen LogP contribution >= 0.6 is 0 Å². The Morgan fingerprint density at radius 2 is 2.04 bits per heavy atom. The molecule has 0 amide bonds. The molecule has 1 heterocycles. The van der Waals surface area contributed by atoms with E-state index in [1.807, 2.05) is 18.2 Å². The standard InChI is InChI=1S/C19H17N5O2/c1-13(2)26-19(25)17-8-4-7-16(10-17)18-21-23-24(22-18)12-15-6-3-5-14(9-15)11-20/h3-10,13H,12H2,1-2H3. The first-order chi connectivity index (χ1) is 12.5. The predicted molar refractivity (Wildman–Crippen MR) is 94.1 cm³/mol. The minimum absolute atomic E-state index is 0.186. The van der Waals surface area contributed by atoms with Gasteiger partial charge < -0.3 is 4.74 Å². The van der Waals surface area contributed by atoms with Gasteiger partial charge in [0.2, 0.25) is 5.82 Å². The third kappa shape index (κ3) is 4.11. The van der Waals surface area contributed by atoms with E-state index in [-0.39, 0.29) is 12.1 Å². The van der Waals surface area contributed by atoms with E-state index < -0.39 is 0 Å². The Morgan fingerprint density at radius 1 is 1.23 bits per heavy atom. The van der Waals surface area contributed by atoms with Gasteiger partial charge in [-0.25, -0.2) is 4.79 Å². The van der Waals surface area contributed by atoms with Crippen LogP contribution in [0.4, 0.5) is 0 Å². The van der Waals surface area contributed by atoms with Gasteiger partial charge >= 0.3 is 5.97 Å². The molecule has 7 heteroatoms. The fourth-order valence-electron chi connectivity index (χ4n) is 2.40. The number of aromatic nitrogens is 4. The maximum absolute atomic E-state index is 12.0. The number of carbonyl (C=O) groups is 1. The number of tetrazole rings is 1. The van der Waals surface area contributed by atoms with Crippen molar-refractivity contribution in [1.29, 1.82) is 5.26 Å². The van der Waals surface area contributed by atoms with Crippen molar-refractivity contribution < 1.29 is 9.53 Å². The van der Waals surface area contributed by atoms with Crippen LogP contribution in [0.5, 0.6) is 0 Å². The van der Waals surface area contributed by atoms with E-state index >= 15 is 0 Å². The van der Waals surface area contributed by atoms with Gasteiger partial charge in [0.1, 0.15) is 0 Å². The summed E-state index contributed by atoms with van der Waals surface area (Å²) in [7, 11) is 0. The van der Waals surface area contributed by atoms with Crippen LogP contribution in [0.2, 0.25) is 0 Å². The molecular weight excluding hydrogens is 330 g/mol. The topological polar surface area (TPSA) is 93.7 Å².